The van der Waals surface area contributed by atoms with Crippen LogP contribution in [0.5, 0.6) is 5.75 Å². The summed E-state index contributed by atoms with van der Waals surface area (Å²) in [6, 6.07) is 17.6. The first kappa shape index (κ1) is 23.9. The number of amides is 1. The molecule has 2 heterocycles. The molecule has 1 aromatic heterocycles. The minimum atomic E-state index is -0.447. The van der Waals surface area contributed by atoms with E-state index in [2.05, 4.69) is 22.1 Å². The summed E-state index contributed by atoms with van der Waals surface area (Å²) < 4.78 is 12.2. The zero-order chi connectivity index (χ0) is 25.1. The van der Waals surface area contributed by atoms with Crippen LogP contribution >= 0.6 is 0 Å². The van der Waals surface area contributed by atoms with Crippen molar-refractivity contribution in [2.45, 2.75) is 26.2 Å². The van der Waals surface area contributed by atoms with Crippen LogP contribution in [0, 0.1) is 5.92 Å². The third-order valence-electron chi connectivity index (χ3n) is 7.08. The van der Waals surface area contributed by atoms with Gasteiger partial charge in [-0.05, 0) is 62.2 Å². The fourth-order valence-corrected chi connectivity index (χ4v) is 4.75. The van der Waals surface area contributed by atoms with Gasteiger partial charge in [-0.1, -0.05) is 18.6 Å². The molecule has 1 amide bonds. The molecule has 0 N–H and O–H groups in total. The van der Waals surface area contributed by atoms with Gasteiger partial charge in [-0.25, -0.2) is 9.48 Å². The maximum atomic E-state index is 12.6. The number of ether oxygens (including phenoxy) is 2. The van der Waals surface area contributed by atoms with Crippen LogP contribution in [0.3, 0.4) is 0 Å². The second-order valence-corrected chi connectivity index (χ2v) is 9.23. The number of rotatable bonds is 7. The Labute approximate surface area is 211 Å². The largest absolute Gasteiger partial charge is 0.497 e. The summed E-state index contributed by atoms with van der Waals surface area (Å²) in [5.74, 6) is 0.889. The molecule has 5 rings (SSSR count). The number of hydrogen-bond donors (Lipinski definition) is 0. The van der Waals surface area contributed by atoms with Crippen LogP contribution < -0.4 is 9.64 Å². The van der Waals surface area contributed by atoms with E-state index in [-0.39, 0.29) is 18.2 Å². The number of esters is 1. The summed E-state index contributed by atoms with van der Waals surface area (Å²) >= 11 is 0. The number of piperazine rings is 1. The maximum Gasteiger partial charge on any atom is 0.358 e. The summed E-state index contributed by atoms with van der Waals surface area (Å²) in [5.41, 5.74) is 3.94. The number of anilines is 1. The first-order valence-corrected chi connectivity index (χ1v) is 12.6. The highest BCUT2D eigenvalue weighted by Crippen LogP contribution is 2.30. The number of aromatic nitrogens is 2. The molecule has 0 atom stereocenters. The monoisotopic (exact) mass is 488 g/mol. The summed E-state index contributed by atoms with van der Waals surface area (Å²) in [4.78, 5) is 29.3. The van der Waals surface area contributed by atoms with Crippen molar-refractivity contribution in [2.75, 3.05) is 44.8 Å². The van der Waals surface area contributed by atoms with E-state index in [4.69, 9.17) is 9.47 Å². The van der Waals surface area contributed by atoms with Crippen molar-refractivity contribution < 1.29 is 19.1 Å². The zero-order valence-corrected chi connectivity index (χ0v) is 20.9. The van der Waals surface area contributed by atoms with Gasteiger partial charge in [0.2, 0.25) is 5.91 Å². The molecular weight excluding hydrogens is 456 g/mol. The molecule has 0 spiro atoms. The first-order valence-electron chi connectivity index (χ1n) is 12.6. The van der Waals surface area contributed by atoms with Crippen molar-refractivity contribution >= 4 is 17.6 Å². The predicted octanol–water partition coefficient (Wildman–Crippen LogP) is 4.17. The number of carbonyl (C=O) groups is 2. The van der Waals surface area contributed by atoms with Crippen LogP contribution in [-0.2, 0) is 9.53 Å². The molecule has 36 heavy (non-hydrogen) atoms. The van der Waals surface area contributed by atoms with Crippen LogP contribution in [0.2, 0.25) is 0 Å². The molecular formula is C28H32N4O4. The molecule has 8 nitrogen and oxygen atoms in total. The Morgan fingerprint density at radius 2 is 1.61 bits per heavy atom. The smallest absolute Gasteiger partial charge is 0.358 e. The molecule has 1 saturated heterocycles. The standard InChI is InChI=1S/C28H32N4O4/c1-3-36-28(34)25-19-26(32(29-25)23-11-13-24(35-2)14-12-23)20-7-9-22(10-8-20)30-15-17-31(18-16-30)27(33)21-5-4-6-21/h7-14,19,21H,3-6,15-18H2,1-2H3. The van der Waals surface area contributed by atoms with E-state index >= 15 is 0 Å². The fraction of sp³-hybridized carbons (Fsp3) is 0.393. The molecule has 2 aliphatic rings. The number of benzene rings is 2. The van der Waals surface area contributed by atoms with Gasteiger partial charge in [-0.3, -0.25) is 4.79 Å². The lowest BCUT2D eigenvalue weighted by atomic mass is 9.84. The van der Waals surface area contributed by atoms with Gasteiger partial charge in [-0.15, -0.1) is 0 Å². The van der Waals surface area contributed by atoms with E-state index in [1.54, 1.807) is 24.8 Å². The average Bonchev–Trinajstić information content (AvgIpc) is 3.34. The molecule has 0 bridgehead atoms. The van der Waals surface area contributed by atoms with Gasteiger partial charge < -0.3 is 19.3 Å². The van der Waals surface area contributed by atoms with Crippen molar-refractivity contribution in [3.05, 3.63) is 60.3 Å². The SMILES string of the molecule is CCOC(=O)c1cc(-c2ccc(N3CCN(C(=O)C4CCC4)CC3)cc2)n(-c2ccc(OC)cc2)n1. The number of nitrogens with zero attached hydrogens (tertiary/aromatic N) is 4. The fourth-order valence-electron chi connectivity index (χ4n) is 4.75. The predicted molar refractivity (Wildman–Crippen MR) is 138 cm³/mol. The molecule has 1 saturated carbocycles. The van der Waals surface area contributed by atoms with E-state index in [0.29, 0.717) is 5.91 Å². The van der Waals surface area contributed by atoms with Crippen LogP contribution in [0.1, 0.15) is 36.7 Å². The second kappa shape index (κ2) is 10.4. The molecule has 2 aromatic carbocycles. The Bertz CT molecular complexity index is 1210. The molecule has 1 aliphatic carbocycles. The normalized spacial score (nSPS) is 15.9. The zero-order valence-electron chi connectivity index (χ0n) is 20.9. The van der Waals surface area contributed by atoms with Crippen molar-refractivity contribution in [3.63, 3.8) is 0 Å². The van der Waals surface area contributed by atoms with Gasteiger partial charge in [0.05, 0.1) is 25.1 Å². The Morgan fingerprint density at radius 3 is 2.19 bits per heavy atom. The Kier molecular flexibility index (Phi) is 6.93. The van der Waals surface area contributed by atoms with Crippen LogP contribution in [0.15, 0.2) is 54.6 Å². The quantitative estimate of drug-likeness (QED) is 0.465. The first-order chi connectivity index (χ1) is 17.6. The molecule has 1 aliphatic heterocycles. The summed E-state index contributed by atoms with van der Waals surface area (Å²) in [7, 11) is 1.63. The summed E-state index contributed by atoms with van der Waals surface area (Å²) in [5, 5.41) is 4.55. The summed E-state index contributed by atoms with van der Waals surface area (Å²) in [6.45, 7) is 5.26. The topological polar surface area (TPSA) is 76.9 Å². The number of methoxy groups -OCH3 is 1. The van der Waals surface area contributed by atoms with Gasteiger partial charge in [0.1, 0.15) is 5.75 Å². The molecule has 2 fully saturated rings. The van der Waals surface area contributed by atoms with Crippen molar-refractivity contribution in [3.8, 4) is 22.7 Å². The van der Waals surface area contributed by atoms with Crippen molar-refractivity contribution in [1.82, 2.24) is 14.7 Å². The van der Waals surface area contributed by atoms with Gasteiger partial charge in [-0.2, -0.15) is 5.10 Å². The number of carbonyl (C=O) groups excluding carboxylic acids is 2. The minimum absolute atomic E-state index is 0.255. The van der Waals surface area contributed by atoms with E-state index in [1.807, 2.05) is 41.3 Å². The molecule has 3 aromatic rings. The van der Waals surface area contributed by atoms with Crippen molar-refractivity contribution in [1.29, 1.82) is 0 Å². The van der Waals surface area contributed by atoms with Gasteiger partial charge in [0, 0.05) is 43.3 Å². The maximum absolute atomic E-state index is 12.6. The third-order valence-corrected chi connectivity index (χ3v) is 7.08. The highest BCUT2D eigenvalue weighted by atomic mass is 16.5. The Balaban J connectivity index is 1.35. The highest BCUT2D eigenvalue weighted by molar-refractivity contribution is 5.89. The molecule has 0 unspecified atom stereocenters. The second-order valence-electron chi connectivity index (χ2n) is 9.23. The lowest BCUT2D eigenvalue weighted by molar-refractivity contribution is -0.138. The van der Waals surface area contributed by atoms with E-state index in [1.165, 1.54) is 6.42 Å². The van der Waals surface area contributed by atoms with Crippen molar-refractivity contribution in [2.24, 2.45) is 5.92 Å². The third kappa shape index (κ3) is 4.80. The summed E-state index contributed by atoms with van der Waals surface area (Å²) in [6.07, 6.45) is 3.28. The Hall–Kier alpha value is -3.81. The van der Waals surface area contributed by atoms with E-state index < -0.39 is 5.97 Å². The minimum Gasteiger partial charge on any atom is -0.497 e. The van der Waals surface area contributed by atoms with E-state index in [0.717, 1.165) is 67.4 Å². The molecule has 188 valence electrons. The lowest BCUT2D eigenvalue weighted by Crippen LogP contribution is -2.51. The lowest BCUT2D eigenvalue weighted by Gasteiger charge is -2.39. The Morgan fingerprint density at radius 1 is 0.944 bits per heavy atom. The van der Waals surface area contributed by atoms with Gasteiger partial charge in [0.25, 0.3) is 0 Å². The average molecular weight is 489 g/mol. The highest BCUT2D eigenvalue weighted by Gasteiger charge is 2.31. The molecule has 0 radical (unpaired) electrons. The van der Waals surface area contributed by atoms with E-state index in [9.17, 15) is 9.59 Å². The van der Waals surface area contributed by atoms with Crippen LogP contribution in [0.4, 0.5) is 5.69 Å². The van der Waals surface area contributed by atoms with Gasteiger partial charge in [0.15, 0.2) is 5.69 Å². The van der Waals surface area contributed by atoms with Gasteiger partial charge >= 0.3 is 5.97 Å². The van der Waals surface area contributed by atoms with Crippen LogP contribution in [-0.4, -0.2) is 66.5 Å². The number of hydrogen-bond acceptors (Lipinski definition) is 6. The van der Waals surface area contributed by atoms with Crippen LogP contribution in [0.25, 0.3) is 16.9 Å². The molecule has 8 heteroatoms.